The maximum Gasteiger partial charge on any atom is 0.212 e. The maximum absolute atomic E-state index is 12.3. The number of sulfonamides is 1. The number of hydrogen-bond donors (Lipinski definition) is 1. The first kappa shape index (κ1) is 17.6. The Kier molecular flexibility index (Phi) is 5.85. The third kappa shape index (κ3) is 5.11. The van der Waals surface area contributed by atoms with E-state index in [9.17, 15) is 12.8 Å². The van der Waals surface area contributed by atoms with E-state index >= 15 is 0 Å². The summed E-state index contributed by atoms with van der Waals surface area (Å²) in [4.78, 5) is 4.07. The van der Waals surface area contributed by atoms with Gasteiger partial charge in [0, 0.05) is 12.4 Å². The van der Waals surface area contributed by atoms with Crippen LogP contribution in [0.15, 0.2) is 42.7 Å². The number of nitrogens with one attached hydrogen (secondary N) is 1. The van der Waals surface area contributed by atoms with Crippen molar-refractivity contribution in [1.82, 2.24) is 9.71 Å². The van der Waals surface area contributed by atoms with E-state index in [1.807, 2.05) is 38.1 Å². The molecule has 0 aliphatic carbocycles. The minimum atomic E-state index is -3.58. The van der Waals surface area contributed by atoms with Crippen molar-refractivity contribution in [2.45, 2.75) is 26.3 Å². The molecule has 0 spiro atoms. The highest BCUT2D eigenvalue weighted by atomic mass is 32.2. The van der Waals surface area contributed by atoms with E-state index in [-0.39, 0.29) is 12.2 Å². The number of halogens is 1. The van der Waals surface area contributed by atoms with E-state index in [1.54, 1.807) is 18.5 Å². The monoisotopic (exact) mass is 336 g/mol. The molecule has 23 heavy (non-hydrogen) atoms. The third-order valence-electron chi connectivity index (χ3n) is 3.44. The Bertz CT molecular complexity index is 728. The Morgan fingerprint density at radius 2 is 1.87 bits per heavy atom. The van der Waals surface area contributed by atoms with Crippen molar-refractivity contribution in [2.24, 2.45) is 0 Å². The Balaban J connectivity index is 2.40. The van der Waals surface area contributed by atoms with E-state index in [4.69, 9.17) is 0 Å². The molecule has 4 nitrogen and oxygen atoms in total. The van der Waals surface area contributed by atoms with Gasteiger partial charge in [0.15, 0.2) is 0 Å². The zero-order valence-electron chi connectivity index (χ0n) is 13.3. The van der Waals surface area contributed by atoms with Gasteiger partial charge < -0.3 is 0 Å². The zero-order chi connectivity index (χ0) is 16.9. The van der Waals surface area contributed by atoms with Crippen molar-refractivity contribution in [3.8, 4) is 0 Å². The molecule has 1 atom stereocenters. The van der Waals surface area contributed by atoms with Gasteiger partial charge in [-0.15, -0.1) is 0 Å². The van der Waals surface area contributed by atoms with Crippen LogP contribution in [-0.4, -0.2) is 25.8 Å². The molecular formula is C17H21FN2O2S. The molecule has 0 fully saturated rings. The minimum absolute atomic E-state index is 0.0120. The van der Waals surface area contributed by atoms with Gasteiger partial charge in [0.25, 0.3) is 0 Å². The summed E-state index contributed by atoms with van der Waals surface area (Å²) in [5.41, 5.74) is 3.70. The molecule has 1 heterocycles. The van der Waals surface area contributed by atoms with Gasteiger partial charge in [0.1, 0.15) is 0 Å². The summed E-state index contributed by atoms with van der Waals surface area (Å²) in [5, 5.41) is 0. The first-order chi connectivity index (χ1) is 10.9. The summed E-state index contributed by atoms with van der Waals surface area (Å²) in [6.45, 7) is 3.28. The minimum Gasteiger partial charge on any atom is -0.264 e. The predicted octanol–water partition coefficient (Wildman–Crippen LogP) is 3.07. The lowest BCUT2D eigenvalue weighted by atomic mass is 9.97. The van der Waals surface area contributed by atoms with E-state index in [0.29, 0.717) is 0 Å². The normalized spacial score (nSPS) is 13.0. The molecule has 1 aromatic carbocycles. The quantitative estimate of drug-likeness (QED) is 0.845. The summed E-state index contributed by atoms with van der Waals surface area (Å²) in [5.74, 6) is -0.231. The topological polar surface area (TPSA) is 59.1 Å². The lowest BCUT2D eigenvalue weighted by Gasteiger charge is -2.20. The molecule has 0 aliphatic heterocycles. The maximum atomic E-state index is 12.3. The van der Waals surface area contributed by atoms with Gasteiger partial charge in [-0.1, -0.05) is 35.4 Å². The van der Waals surface area contributed by atoms with Gasteiger partial charge in [-0.25, -0.2) is 13.1 Å². The van der Waals surface area contributed by atoms with E-state index in [0.717, 1.165) is 22.3 Å². The van der Waals surface area contributed by atoms with Crippen molar-refractivity contribution in [3.63, 3.8) is 0 Å². The lowest BCUT2D eigenvalue weighted by molar-refractivity contribution is 0.482. The molecule has 0 saturated heterocycles. The first-order valence-electron chi connectivity index (χ1n) is 7.45. The highest BCUT2D eigenvalue weighted by molar-refractivity contribution is 7.89. The zero-order valence-corrected chi connectivity index (χ0v) is 14.1. The first-order valence-corrected chi connectivity index (χ1v) is 9.10. The van der Waals surface area contributed by atoms with Crippen molar-refractivity contribution < 1.29 is 12.8 Å². The van der Waals surface area contributed by atoms with Gasteiger partial charge >= 0.3 is 0 Å². The molecule has 6 heteroatoms. The third-order valence-corrected chi connectivity index (χ3v) is 4.86. The molecule has 0 aliphatic rings. The van der Waals surface area contributed by atoms with Crippen molar-refractivity contribution in [2.75, 3.05) is 12.4 Å². The number of nitrogens with zero attached hydrogens (tertiary/aromatic N) is 1. The summed E-state index contributed by atoms with van der Waals surface area (Å²) in [6, 6.07) is 8.98. The smallest absolute Gasteiger partial charge is 0.212 e. The second kappa shape index (κ2) is 7.66. The molecule has 124 valence electrons. The number of aromatic nitrogens is 1. The molecule has 0 bridgehead atoms. The van der Waals surface area contributed by atoms with E-state index < -0.39 is 22.7 Å². The number of aryl methyl sites for hydroxylation is 2. The van der Waals surface area contributed by atoms with Gasteiger partial charge in [-0.2, -0.15) is 0 Å². The number of rotatable bonds is 7. The summed E-state index contributed by atoms with van der Waals surface area (Å²) in [6.07, 6.45) is 3.27. The molecule has 1 N–H and O–H groups in total. The largest absolute Gasteiger partial charge is 0.264 e. The van der Waals surface area contributed by atoms with E-state index in [1.165, 1.54) is 0 Å². The average Bonchev–Trinajstić information content (AvgIpc) is 2.51. The SMILES string of the molecule is Cc1cc(C)cc(C(NS(=O)(=O)CCCF)c2cccnc2)c1. The van der Waals surface area contributed by atoms with Crippen LogP contribution in [0.4, 0.5) is 4.39 Å². The number of benzene rings is 1. The fourth-order valence-corrected chi connectivity index (χ4v) is 3.77. The summed E-state index contributed by atoms with van der Waals surface area (Å²) >= 11 is 0. The Morgan fingerprint density at radius 3 is 2.43 bits per heavy atom. The fourth-order valence-electron chi connectivity index (χ4n) is 2.53. The van der Waals surface area contributed by atoms with Gasteiger partial charge in [0.05, 0.1) is 18.5 Å². The van der Waals surface area contributed by atoms with Crippen molar-refractivity contribution in [1.29, 1.82) is 0 Å². The second-order valence-electron chi connectivity index (χ2n) is 5.62. The molecule has 0 saturated carbocycles. The Morgan fingerprint density at radius 1 is 1.17 bits per heavy atom. The Hall–Kier alpha value is -1.79. The van der Waals surface area contributed by atoms with Crippen LogP contribution in [0.2, 0.25) is 0 Å². The van der Waals surface area contributed by atoms with Crippen LogP contribution in [0.3, 0.4) is 0 Å². The second-order valence-corrected chi connectivity index (χ2v) is 7.49. The molecule has 2 rings (SSSR count). The van der Waals surface area contributed by atoms with Crippen LogP contribution in [0.1, 0.15) is 34.7 Å². The standard InChI is InChI=1S/C17H21FN2O2S/c1-13-9-14(2)11-16(10-13)17(15-5-3-7-19-12-15)20-23(21,22)8-4-6-18/h3,5,7,9-12,17,20H,4,6,8H2,1-2H3. The fraction of sp³-hybridized carbons (Fsp3) is 0.353. The molecule has 0 radical (unpaired) electrons. The Labute approximate surface area is 136 Å². The van der Waals surface area contributed by atoms with Crippen LogP contribution in [0, 0.1) is 13.8 Å². The van der Waals surface area contributed by atoms with Crippen molar-refractivity contribution >= 4 is 10.0 Å². The lowest BCUT2D eigenvalue weighted by Crippen LogP contribution is -2.31. The number of hydrogen-bond acceptors (Lipinski definition) is 3. The van der Waals surface area contributed by atoms with Gasteiger partial charge in [-0.05, 0) is 37.5 Å². The summed E-state index contributed by atoms with van der Waals surface area (Å²) < 4.78 is 39.4. The molecule has 1 unspecified atom stereocenters. The van der Waals surface area contributed by atoms with Crippen LogP contribution >= 0.6 is 0 Å². The predicted molar refractivity (Wildman–Crippen MR) is 89.5 cm³/mol. The van der Waals surface area contributed by atoms with Crippen LogP contribution in [0.5, 0.6) is 0 Å². The molecular weight excluding hydrogens is 315 g/mol. The van der Waals surface area contributed by atoms with Gasteiger partial charge in [-0.3, -0.25) is 9.37 Å². The molecule has 0 amide bonds. The van der Waals surface area contributed by atoms with Crippen LogP contribution in [0.25, 0.3) is 0 Å². The molecule has 2 aromatic rings. The average molecular weight is 336 g/mol. The van der Waals surface area contributed by atoms with Gasteiger partial charge in [0.2, 0.25) is 10.0 Å². The van der Waals surface area contributed by atoms with Crippen LogP contribution in [-0.2, 0) is 10.0 Å². The van der Waals surface area contributed by atoms with Crippen molar-refractivity contribution in [3.05, 3.63) is 65.0 Å². The van der Waals surface area contributed by atoms with Crippen LogP contribution < -0.4 is 4.72 Å². The number of alkyl halides is 1. The highest BCUT2D eigenvalue weighted by Crippen LogP contribution is 2.24. The number of pyridine rings is 1. The molecule has 1 aromatic heterocycles. The summed E-state index contributed by atoms with van der Waals surface area (Å²) in [7, 11) is -3.58. The highest BCUT2D eigenvalue weighted by Gasteiger charge is 2.21. The van der Waals surface area contributed by atoms with E-state index in [2.05, 4.69) is 9.71 Å².